The lowest BCUT2D eigenvalue weighted by molar-refractivity contribution is 0.581. The van der Waals surface area contributed by atoms with Crippen LogP contribution in [-0.4, -0.2) is 4.98 Å². The first kappa shape index (κ1) is 13.9. The molecule has 0 amide bonds. The molecule has 2 nitrogen and oxygen atoms in total. The van der Waals surface area contributed by atoms with E-state index in [2.05, 4.69) is 42.2 Å². The van der Waals surface area contributed by atoms with Crippen molar-refractivity contribution >= 4 is 64.2 Å². The smallest absolute Gasteiger partial charge is 0.188 e. The van der Waals surface area contributed by atoms with Gasteiger partial charge in [-0.1, -0.05) is 27.3 Å². The van der Waals surface area contributed by atoms with Crippen molar-refractivity contribution < 1.29 is 8.78 Å². The molecular formula is C13H6Br2F2N2S. The van der Waals surface area contributed by atoms with E-state index in [-0.39, 0.29) is 10.2 Å². The van der Waals surface area contributed by atoms with Crippen LogP contribution in [0.2, 0.25) is 0 Å². The van der Waals surface area contributed by atoms with Gasteiger partial charge >= 0.3 is 0 Å². The lowest BCUT2D eigenvalue weighted by atomic mass is 10.3. The van der Waals surface area contributed by atoms with Gasteiger partial charge in [-0.3, -0.25) is 0 Å². The number of fused-ring (bicyclic) bond motifs is 1. The fourth-order valence-electron chi connectivity index (χ4n) is 1.69. The van der Waals surface area contributed by atoms with E-state index >= 15 is 0 Å². The molecule has 1 heterocycles. The predicted octanol–water partition coefficient (Wildman–Crippen LogP) is 5.84. The maximum atomic E-state index is 13.7. The molecule has 3 aromatic rings. The van der Waals surface area contributed by atoms with Gasteiger partial charge in [0.05, 0.1) is 20.4 Å². The molecule has 3 rings (SSSR count). The van der Waals surface area contributed by atoms with Crippen molar-refractivity contribution in [2.24, 2.45) is 0 Å². The zero-order chi connectivity index (χ0) is 14.3. The molecule has 0 fully saturated rings. The number of hydrogen-bond donors (Lipinski definition) is 1. The zero-order valence-electron chi connectivity index (χ0n) is 9.75. The van der Waals surface area contributed by atoms with Crippen LogP contribution >= 0.6 is 43.2 Å². The third-order valence-corrected chi connectivity index (χ3v) is 4.65. The molecule has 0 aliphatic rings. The molecule has 20 heavy (non-hydrogen) atoms. The highest BCUT2D eigenvalue weighted by molar-refractivity contribution is 9.10. The first-order valence-corrected chi connectivity index (χ1v) is 7.91. The van der Waals surface area contributed by atoms with E-state index in [0.717, 1.165) is 20.8 Å². The minimum Gasteiger partial charge on any atom is -0.329 e. The van der Waals surface area contributed by atoms with Crippen LogP contribution in [0.25, 0.3) is 10.2 Å². The summed E-state index contributed by atoms with van der Waals surface area (Å²) < 4.78 is 29.0. The Morgan fingerprint density at radius 1 is 1.05 bits per heavy atom. The second-order valence-corrected chi connectivity index (χ2v) is 6.80. The van der Waals surface area contributed by atoms with Crippen molar-refractivity contribution in [3.05, 3.63) is 50.9 Å². The second kappa shape index (κ2) is 5.38. The van der Waals surface area contributed by atoms with Crippen LogP contribution in [0.4, 0.5) is 19.6 Å². The highest BCUT2D eigenvalue weighted by Gasteiger charge is 2.11. The standard InChI is InChI=1S/C13H6Br2F2N2S/c14-6-1-2-12-11(3-6)19-13(20-12)18-10-4-7(15)8(16)5-9(10)17/h1-5H,(H,18,19). The first-order chi connectivity index (χ1) is 9.52. The van der Waals surface area contributed by atoms with E-state index in [0.29, 0.717) is 5.13 Å². The van der Waals surface area contributed by atoms with Gasteiger partial charge in [0.15, 0.2) is 5.13 Å². The van der Waals surface area contributed by atoms with E-state index in [4.69, 9.17) is 0 Å². The topological polar surface area (TPSA) is 24.9 Å². The number of benzene rings is 2. The maximum Gasteiger partial charge on any atom is 0.188 e. The van der Waals surface area contributed by atoms with E-state index < -0.39 is 11.6 Å². The number of hydrogen-bond acceptors (Lipinski definition) is 3. The number of anilines is 2. The summed E-state index contributed by atoms with van der Waals surface area (Å²) in [6.45, 7) is 0. The SMILES string of the molecule is Fc1cc(F)c(Nc2nc3cc(Br)ccc3s2)cc1Br. The summed E-state index contributed by atoms with van der Waals surface area (Å²) >= 11 is 7.81. The second-order valence-electron chi connectivity index (χ2n) is 4.00. The molecule has 0 saturated heterocycles. The summed E-state index contributed by atoms with van der Waals surface area (Å²) in [4.78, 5) is 4.36. The van der Waals surface area contributed by atoms with Crippen LogP contribution in [0.5, 0.6) is 0 Å². The van der Waals surface area contributed by atoms with Gasteiger partial charge in [0.25, 0.3) is 0 Å². The molecule has 2 aromatic carbocycles. The quantitative estimate of drug-likeness (QED) is 0.527. The van der Waals surface area contributed by atoms with Crippen molar-refractivity contribution in [3.63, 3.8) is 0 Å². The third-order valence-electron chi connectivity index (χ3n) is 2.60. The van der Waals surface area contributed by atoms with Gasteiger partial charge in [-0.05, 0) is 40.2 Å². The van der Waals surface area contributed by atoms with Crippen molar-refractivity contribution in [2.75, 3.05) is 5.32 Å². The Morgan fingerprint density at radius 2 is 1.85 bits per heavy atom. The molecule has 0 atom stereocenters. The Kier molecular flexibility index (Phi) is 3.74. The Labute approximate surface area is 134 Å². The van der Waals surface area contributed by atoms with Crippen LogP contribution in [0.3, 0.4) is 0 Å². The minimum absolute atomic E-state index is 0.177. The fraction of sp³-hybridized carbons (Fsp3) is 0. The van der Waals surface area contributed by atoms with Crippen LogP contribution in [-0.2, 0) is 0 Å². The fourth-order valence-corrected chi connectivity index (χ4v) is 3.24. The van der Waals surface area contributed by atoms with E-state index in [9.17, 15) is 8.78 Å². The Morgan fingerprint density at radius 3 is 2.65 bits per heavy atom. The predicted molar refractivity (Wildman–Crippen MR) is 84.7 cm³/mol. The Balaban J connectivity index is 1.99. The molecule has 0 radical (unpaired) electrons. The summed E-state index contributed by atoms with van der Waals surface area (Å²) in [7, 11) is 0. The van der Waals surface area contributed by atoms with Crippen molar-refractivity contribution in [2.45, 2.75) is 0 Å². The van der Waals surface area contributed by atoms with Crippen LogP contribution in [0.1, 0.15) is 0 Å². The average molecular weight is 420 g/mol. The number of halogens is 4. The molecule has 0 aliphatic heterocycles. The van der Waals surface area contributed by atoms with Crippen LogP contribution in [0, 0.1) is 11.6 Å². The number of rotatable bonds is 2. The average Bonchev–Trinajstić information content (AvgIpc) is 2.77. The molecular weight excluding hydrogens is 414 g/mol. The Bertz CT molecular complexity index is 804. The monoisotopic (exact) mass is 418 g/mol. The molecule has 1 N–H and O–H groups in total. The van der Waals surface area contributed by atoms with Crippen molar-refractivity contribution in [1.82, 2.24) is 4.98 Å². The summed E-state index contributed by atoms with van der Waals surface area (Å²) in [6.07, 6.45) is 0. The first-order valence-electron chi connectivity index (χ1n) is 5.50. The zero-order valence-corrected chi connectivity index (χ0v) is 13.7. The molecule has 0 saturated carbocycles. The normalized spacial score (nSPS) is 11.0. The number of nitrogens with one attached hydrogen (secondary N) is 1. The summed E-state index contributed by atoms with van der Waals surface area (Å²) in [5.41, 5.74) is 0.991. The van der Waals surface area contributed by atoms with E-state index in [1.807, 2.05) is 18.2 Å². The Hall–Kier alpha value is -1.05. The van der Waals surface area contributed by atoms with Gasteiger partial charge in [0.1, 0.15) is 11.6 Å². The largest absolute Gasteiger partial charge is 0.329 e. The molecule has 7 heteroatoms. The molecule has 1 aromatic heterocycles. The van der Waals surface area contributed by atoms with E-state index in [1.165, 1.54) is 17.4 Å². The number of aromatic nitrogens is 1. The molecule has 0 unspecified atom stereocenters. The highest BCUT2D eigenvalue weighted by Crippen LogP contribution is 2.32. The molecule has 0 bridgehead atoms. The van der Waals surface area contributed by atoms with Crippen molar-refractivity contribution in [3.8, 4) is 0 Å². The van der Waals surface area contributed by atoms with Gasteiger partial charge < -0.3 is 5.32 Å². The highest BCUT2D eigenvalue weighted by atomic mass is 79.9. The van der Waals surface area contributed by atoms with Crippen LogP contribution < -0.4 is 5.32 Å². The van der Waals surface area contributed by atoms with Crippen LogP contribution in [0.15, 0.2) is 39.3 Å². The summed E-state index contributed by atoms with van der Waals surface area (Å²) in [5, 5.41) is 3.42. The summed E-state index contributed by atoms with van der Waals surface area (Å²) in [5.74, 6) is -1.30. The number of nitrogens with zero attached hydrogens (tertiary/aromatic N) is 1. The third kappa shape index (κ3) is 2.70. The number of thiazole rings is 1. The van der Waals surface area contributed by atoms with E-state index in [1.54, 1.807) is 0 Å². The maximum absolute atomic E-state index is 13.7. The lowest BCUT2D eigenvalue weighted by Crippen LogP contribution is -1.94. The van der Waals surface area contributed by atoms with Gasteiger partial charge in [-0.25, -0.2) is 13.8 Å². The minimum atomic E-state index is -0.661. The van der Waals surface area contributed by atoms with Gasteiger partial charge in [-0.2, -0.15) is 0 Å². The molecule has 0 spiro atoms. The molecule has 102 valence electrons. The molecule has 0 aliphatic carbocycles. The van der Waals surface area contributed by atoms with Crippen molar-refractivity contribution in [1.29, 1.82) is 0 Å². The van der Waals surface area contributed by atoms with Gasteiger partial charge in [-0.15, -0.1) is 0 Å². The lowest BCUT2D eigenvalue weighted by Gasteiger charge is -2.05. The summed E-state index contributed by atoms with van der Waals surface area (Å²) in [6, 6.07) is 7.91. The van der Waals surface area contributed by atoms with Gasteiger partial charge in [0, 0.05) is 10.5 Å². The van der Waals surface area contributed by atoms with Gasteiger partial charge in [0.2, 0.25) is 0 Å².